The van der Waals surface area contributed by atoms with E-state index < -0.39 is 9.84 Å². The van der Waals surface area contributed by atoms with Gasteiger partial charge in [0.25, 0.3) is 0 Å². The van der Waals surface area contributed by atoms with Crippen molar-refractivity contribution in [2.75, 3.05) is 6.26 Å². The topological polar surface area (TPSA) is 96.8 Å². The van der Waals surface area contributed by atoms with E-state index in [9.17, 15) is 8.42 Å². The zero-order valence-electron chi connectivity index (χ0n) is 9.84. The van der Waals surface area contributed by atoms with Gasteiger partial charge in [0, 0.05) is 6.26 Å². The molecule has 0 aromatic carbocycles. The van der Waals surface area contributed by atoms with Crippen molar-refractivity contribution in [2.24, 2.45) is 11.3 Å². The summed E-state index contributed by atoms with van der Waals surface area (Å²) in [6.45, 7) is 3.90. The molecule has 0 radical (unpaired) electrons. The van der Waals surface area contributed by atoms with Crippen molar-refractivity contribution >= 4 is 9.84 Å². The van der Waals surface area contributed by atoms with Crippen LogP contribution in [0.25, 0.3) is 0 Å². The van der Waals surface area contributed by atoms with Gasteiger partial charge in [0.1, 0.15) is 5.75 Å². The number of nitriles is 1. The average Bonchev–Trinajstić information content (AvgIpc) is 2.54. The Morgan fingerprint density at radius 2 is 2.18 bits per heavy atom. The van der Waals surface area contributed by atoms with Crippen molar-refractivity contribution in [3.63, 3.8) is 0 Å². The second kappa shape index (κ2) is 3.53. The van der Waals surface area contributed by atoms with Gasteiger partial charge in [-0.2, -0.15) is 10.2 Å². The van der Waals surface area contributed by atoms with Crippen LogP contribution in [0.5, 0.6) is 0 Å². The van der Waals surface area contributed by atoms with E-state index in [2.05, 4.69) is 16.2 Å². The van der Waals surface area contributed by atoms with Gasteiger partial charge in [0.05, 0.1) is 17.9 Å². The lowest BCUT2D eigenvalue weighted by molar-refractivity contribution is 0.364. The van der Waals surface area contributed by atoms with Gasteiger partial charge >= 0.3 is 0 Å². The molecular formula is C10H13N3O3S. The number of nitrogens with zero attached hydrogens (tertiary/aromatic N) is 3. The monoisotopic (exact) mass is 255 g/mol. The van der Waals surface area contributed by atoms with Crippen molar-refractivity contribution in [2.45, 2.75) is 25.5 Å². The van der Waals surface area contributed by atoms with Crippen LogP contribution >= 0.6 is 0 Å². The van der Waals surface area contributed by atoms with E-state index in [-0.39, 0.29) is 28.8 Å². The molecule has 0 bridgehead atoms. The van der Waals surface area contributed by atoms with Gasteiger partial charge in [0.15, 0.2) is 15.7 Å². The third-order valence-corrected chi connectivity index (χ3v) is 3.89. The maximum absolute atomic E-state index is 11.1. The molecule has 0 amide bonds. The van der Waals surface area contributed by atoms with Gasteiger partial charge in [-0.05, 0) is 5.41 Å². The van der Waals surface area contributed by atoms with Crippen molar-refractivity contribution in [3.8, 4) is 6.07 Å². The SMILES string of the molecule is CC1(C)C(C#N)C1c1nc(CS(C)(=O)=O)no1. The minimum Gasteiger partial charge on any atom is -0.339 e. The number of aromatic nitrogens is 2. The quantitative estimate of drug-likeness (QED) is 0.795. The normalized spacial score (nSPS) is 26.5. The van der Waals surface area contributed by atoms with E-state index in [1.54, 1.807) is 0 Å². The van der Waals surface area contributed by atoms with Gasteiger partial charge in [-0.25, -0.2) is 8.42 Å². The lowest BCUT2D eigenvalue weighted by Gasteiger charge is -1.95. The molecule has 0 saturated heterocycles. The third-order valence-electron chi connectivity index (χ3n) is 3.11. The van der Waals surface area contributed by atoms with E-state index in [1.807, 2.05) is 13.8 Å². The zero-order valence-corrected chi connectivity index (χ0v) is 10.7. The molecule has 2 unspecified atom stereocenters. The first-order valence-electron chi connectivity index (χ1n) is 5.15. The highest BCUT2D eigenvalue weighted by atomic mass is 32.2. The van der Waals surface area contributed by atoms with Crippen LogP contribution in [0.15, 0.2) is 4.52 Å². The predicted octanol–water partition coefficient (Wildman–Crippen LogP) is 0.877. The van der Waals surface area contributed by atoms with Crippen molar-refractivity contribution in [1.82, 2.24) is 10.1 Å². The van der Waals surface area contributed by atoms with Gasteiger partial charge in [0.2, 0.25) is 5.89 Å². The number of sulfone groups is 1. The molecule has 1 fully saturated rings. The molecule has 1 aromatic heterocycles. The fourth-order valence-electron chi connectivity index (χ4n) is 2.03. The zero-order chi connectivity index (χ0) is 12.8. The summed E-state index contributed by atoms with van der Waals surface area (Å²) < 4.78 is 27.2. The van der Waals surface area contributed by atoms with Crippen molar-refractivity contribution < 1.29 is 12.9 Å². The lowest BCUT2D eigenvalue weighted by Crippen LogP contribution is -2.02. The Balaban J connectivity index is 2.19. The molecule has 17 heavy (non-hydrogen) atoms. The Kier molecular flexibility index (Phi) is 2.51. The Morgan fingerprint density at radius 1 is 1.53 bits per heavy atom. The second-order valence-electron chi connectivity index (χ2n) is 5.02. The van der Waals surface area contributed by atoms with E-state index in [1.165, 1.54) is 0 Å². The summed E-state index contributed by atoms with van der Waals surface area (Å²) >= 11 is 0. The van der Waals surface area contributed by atoms with Crippen molar-refractivity contribution in [3.05, 3.63) is 11.7 Å². The molecule has 92 valence electrons. The molecule has 1 aliphatic carbocycles. The number of rotatable bonds is 3. The molecule has 0 N–H and O–H groups in total. The van der Waals surface area contributed by atoms with Gasteiger partial charge in [-0.15, -0.1) is 0 Å². The first kappa shape index (κ1) is 12.0. The molecule has 7 heteroatoms. The predicted molar refractivity (Wildman–Crippen MR) is 58.5 cm³/mol. The molecule has 1 heterocycles. The molecule has 0 spiro atoms. The van der Waals surface area contributed by atoms with Crippen LogP contribution in [-0.4, -0.2) is 24.8 Å². The van der Waals surface area contributed by atoms with E-state index in [0.29, 0.717) is 5.89 Å². The first-order valence-corrected chi connectivity index (χ1v) is 7.21. The molecule has 1 aliphatic rings. The smallest absolute Gasteiger partial charge is 0.231 e. The van der Waals surface area contributed by atoms with Crippen LogP contribution in [-0.2, 0) is 15.6 Å². The van der Waals surface area contributed by atoms with Crippen LogP contribution in [0.4, 0.5) is 0 Å². The largest absolute Gasteiger partial charge is 0.339 e. The second-order valence-corrected chi connectivity index (χ2v) is 7.16. The highest BCUT2D eigenvalue weighted by Crippen LogP contribution is 2.63. The fourth-order valence-corrected chi connectivity index (χ4v) is 2.61. The fraction of sp³-hybridized carbons (Fsp3) is 0.700. The van der Waals surface area contributed by atoms with Gasteiger partial charge < -0.3 is 4.52 Å². The van der Waals surface area contributed by atoms with Crippen molar-refractivity contribution in [1.29, 1.82) is 5.26 Å². The number of hydrogen-bond donors (Lipinski definition) is 0. The van der Waals surface area contributed by atoms with Crippen LogP contribution in [0.1, 0.15) is 31.5 Å². The molecule has 0 aliphatic heterocycles. The molecule has 2 atom stereocenters. The summed E-state index contributed by atoms with van der Waals surface area (Å²) in [5.74, 6) is 0.0466. The lowest BCUT2D eigenvalue weighted by atomic mass is 10.1. The minimum atomic E-state index is -3.17. The van der Waals surface area contributed by atoms with Crippen LogP contribution in [0.2, 0.25) is 0 Å². The van der Waals surface area contributed by atoms with Crippen LogP contribution < -0.4 is 0 Å². The molecular weight excluding hydrogens is 242 g/mol. The summed E-state index contributed by atoms with van der Waals surface area (Å²) in [5, 5.41) is 12.6. The highest BCUT2D eigenvalue weighted by Gasteiger charge is 2.62. The first-order chi connectivity index (χ1) is 7.75. The third kappa shape index (κ3) is 2.17. The maximum Gasteiger partial charge on any atom is 0.231 e. The van der Waals surface area contributed by atoms with Crippen LogP contribution in [0.3, 0.4) is 0 Å². The maximum atomic E-state index is 11.1. The summed E-state index contributed by atoms with van der Waals surface area (Å²) in [6, 6.07) is 2.19. The summed E-state index contributed by atoms with van der Waals surface area (Å²) in [5.41, 5.74) is -0.177. The number of hydrogen-bond acceptors (Lipinski definition) is 6. The Bertz CT molecular complexity index is 582. The summed E-state index contributed by atoms with van der Waals surface area (Å²) in [7, 11) is -3.17. The Labute approximate surface area is 99.5 Å². The molecule has 6 nitrogen and oxygen atoms in total. The Hall–Kier alpha value is -1.42. The summed E-state index contributed by atoms with van der Waals surface area (Å²) in [4.78, 5) is 4.04. The summed E-state index contributed by atoms with van der Waals surface area (Å²) in [6.07, 6.45) is 1.11. The molecule has 1 saturated carbocycles. The van der Waals surface area contributed by atoms with Gasteiger partial charge in [-0.1, -0.05) is 19.0 Å². The molecule has 1 aromatic rings. The standard InChI is InChI=1S/C10H13N3O3S/c1-10(2)6(4-11)8(10)9-12-7(13-16-9)5-17(3,14)15/h6,8H,5H2,1-3H3. The Morgan fingerprint density at radius 3 is 2.65 bits per heavy atom. The van der Waals surface area contributed by atoms with E-state index in [4.69, 9.17) is 9.78 Å². The highest BCUT2D eigenvalue weighted by molar-refractivity contribution is 7.89. The van der Waals surface area contributed by atoms with E-state index in [0.717, 1.165) is 6.26 Å². The average molecular weight is 255 g/mol. The van der Waals surface area contributed by atoms with Gasteiger partial charge in [-0.3, -0.25) is 0 Å². The van der Waals surface area contributed by atoms with Crippen LogP contribution in [0, 0.1) is 22.7 Å². The minimum absolute atomic E-state index is 0.0895. The molecule has 2 rings (SSSR count). The van der Waals surface area contributed by atoms with E-state index >= 15 is 0 Å².